The van der Waals surface area contributed by atoms with Crippen LogP contribution in [0.3, 0.4) is 0 Å². The van der Waals surface area contributed by atoms with Crippen LogP contribution in [0.15, 0.2) is 18.2 Å². The summed E-state index contributed by atoms with van der Waals surface area (Å²) in [5.41, 5.74) is -0.957. The van der Waals surface area contributed by atoms with Gasteiger partial charge in [-0.2, -0.15) is 13.2 Å². The van der Waals surface area contributed by atoms with E-state index in [4.69, 9.17) is 0 Å². The molecule has 0 bridgehead atoms. The number of carbonyl (C=O) groups excluding carboxylic acids is 1. The Kier molecular flexibility index (Phi) is 4.80. The Morgan fingerprint density at radius 3 is 2.26 bits per heavy atom. The van der Waals surface area contributed by atoms with Crippen LogP contribution < -0.4 is 5.32 Å². The van der Waals surface area contributed by atoms with Gasteiger partial charge in [0.2, 0.25) is 0 Å². The predicted molar refractivity (Wildman–Crippen MR) is 68.2 cm³/mol. The summed E-state index contributed by atoms with van der Waals surface area (Å²) in [6, 6.07) is 3.62. The van der Waals surface area contributed by atoms with Crippen molar-refractivity contribution in [3.63, 3.8) is 0 Å². The first-order valence-electron chi connectivity index (χ1n) is 6.04. The Morgan fingerprint density at radius 2 is 1.84 bits per heavy atom. The number of anilines is 1. The van der Waals surface area contributed by atoms with E-state index in [0.29, 0.717) is 13.1 Å². The fraction of sp³-hybridized carbons (Fsp3) is 0.462. The first kappa shape index (κ1) is 15.3. The molecule has 1 aromatic carbocycles. The molecule has 1 amide bonds. The zero-order chi connectivity index (χ0) is 14.6. The van der Waals surface area contributed by atoms with Crippen molar-refractivity contribution in [1.29, 1.82) is 0 Å². The van der Waals surface area contributed by atoms with Crippen LogP contribution in [0.4, 0.5) is 18.9 Å². The van der Waals surface area contributed by atoms with Crippen molar-refractivity contribution in [2.75, 3.05) is 25.5 Å². The van der Waals surface area contributed by atoms with Gasteiger partial charge in [-0.05, 0) is 26.0 Å². The summed E-state index contributed by atoms with van der Waals surface area (Å²) >= 11 is 0. The van der Waals surface area contributed by atoms with Crippen molar-refractivity contribution in [3.05, 3.63) is 29.3 Å². The number of amides is 1. The van der Waals surface area contributed by atoms with Crippen LogP contribution in [0, 0.1) is 0 Å². The molecule has 0 heterocycles. The highest BCUT2D eigenvalue weighted by atomic mass is 19.4. The molecule has 3 nitrogen and oxygen atoms in total. The van der Waals surface area contributed by atoms with E-state index in [2.05, 4.69) is 5.32 Å². The molecule has 0 unspecified atom stereocenters. The molecular formula is C13H17F3N2O. The third-order valence-electron chi connectivity index (χ3n) is 2.90. The van der Waals surface area contributed by atoms with E-state index in [0.717, 1.165) is 6.07 Å². The minimum Gasteiger partial charge on any atom is -0.387 e. The number of rotatable bonds is 4. The molecule has 1 N–H and O–H groups in total. The van der Waals surface area contributed by atoms with Gasteiger partial charge in [0.25, 0.3) is 5.91 Å². The SMILES string of the molecule is CCN(CC)C(=O)c1cccc(C(F)(F)F)c1NC. The van der Waals surface area contributed by atoms with Crippen LogP contribution in [0.25, 0.3) is 0 Å². The molecule has 6 heteroatoms. The van der Waals surface area contributed by atoms with E-state index < -0.39 is 17.6 Å². The lowest BCUT2D eigenvalue weighted by molar-refractivity contribution is -0.136. The standard InChI is InChI=1S/C13H17F3N2O/c1-4-18(5-2)12(19)9-7-6-8-10(11(9)17-3)13(14,15)16/h6-8,17H,4-5H2,1-3H3. The highest BCUT2D eigenvalue weighted by Crippen LogP contribution is 2.36. The molecule has 0 aliphatic heterocycles. The average molecular weight is 274 g/mol. The second kappa shape index (κ2) is 5.95. The van der Waals surface area contributed by atoms with Crippen molar-refractivity contribution in [2.45, 2.75) is 20.0 Å². The molecule has 19 heavy (non-hydrogen) atoms. The number of alkyl halides is 3. The fourth-order valence-corrected chi connectivity index (χ4v) is 1.92. The first-order valence-corrected chi connectivity index (χ1v) is 6.04. The second-order valence-corrected chi connectivity index (χ2v) is 3.95. The van der Waals surface area contributed by atoms with E-state index in [1.54, 1.807) is 13.8 Å². The fourth-order valence-electron chi connectivity index (χ4n) is 1.92. The monoisotopic (exact) mass is 274 g/mol. The minimum atomic E-state index is -4.49. The van der Waals surface area contributed by atoms with Crippen molar-refractivity contribution in [3.8, 4) is 0 Å². The molecule has 0 fully saturated rings. The number of para-hydroxylation sites is 1. The van der Waals surface area contributed by atoms with Crippen molar-refractivity contribution in [1.82, 2.24) is 4.90 Å². The summed E-state index contributed by atoms with van der Waals surface area (Å²) in [5.74, 6) is -0.402. The van der Waals surface area contributed by atoms with Gasteiger partial charge in [0.1, 0.15) is 0 Å². The first-order chi connectivity index (χ1) is 8.86. The Bertz CT molecular complexity index is 454. The van der Waals surface area contributed by atoms with Gasteiger partial charge in [-0.25, -0.2) is 0 Å². The molecule has 0 saturated carbocycles. The number of hydrogen-bond donors (Lipinski definition) is 1. The van der Waals surface area contributed by atoms with Gasteiger partial charge in [-0.1, -0.05) is 6.07 Å². The zero-order valence-corrected chi connectivity index (χ0v) is 11.1. The summed E-state index contributed by atoms with van der Waals surface area (Å²) < 4.78 is 38.6. The molecule has 0 aliphatic rings. The van der Waals surface area contributed by atoms with Gasteiger partial charge in [0.15, 0.2) is 0 Å². The molecule has 0 aliphatic carbocycles. The third-order valence-corrected chi connectivity index (χ3v) is 2.90. The maximum Gasteiger partial charge on any atom is 0.418 e. The van der Waals surface area contributed by atoms with Crippen LogP contribution in [-0.2, 0) is 6.18 Å². The van der Waals surface area contributed by atoms with Gasteiger partial charge >= 0.3 is 6.18 Å². The van der Waals surface area contributed by atoms with Crippen LogP contribution in [0.2, 0.25) is 0 Å². The number of halogens is 3. The van der Waals surface area contributed by atoms with Crippen molar-refractivity contribution >= 4 is 11.6 Å². The molecule has 1 rings (SSSR count). The molecule has 0 atom stereocenters. The number of nitrogens with zero attached hydrogens (tertiary/aromatic N) is 1. The van der Waals surface area contributed by atoms with Gasteiger partial charge < -0.3 is 10.2 Å². The van der Waals surface area contributed by atoms with Gasteiger partial charge in [-0.15, -0.1) is 0 Å². The quantitative estimate of drug-likeness (QED) is 0.914. The molecule has 0 aromatic heterocycles. The largest absolute Gasteiger partial charge is 0.418 e. The van der Waals surface area contributed by atoms with E-state index in [1.165, 1.54) is 24.1 Å². The average Bonchev–Trinajstić information content (AvgIpc) is 2.37. The maximum absolute atomic E-state index is 12.9. The Balaban J connectivity index is 3.33. The lowest BCUT2D eigenvalue weighted by Gasteiger charge is -2.22. The molecule has 1 aromatic rings. The topological polar surface area (TPSA) is 32.3 Å². The van der Waals surface area contributed by atoms with Crippen LogP contribution in [0.5, 0.6) is 0 Å². The molecule has 0 spiro atoms. The number of nitrogens with one attached hydrogen (secondary N) is 1. The van der Waals surface area contributed by atoms with E-state index in [9.17, 15) is 18.0 Å². The number of hydrogen-bond acceptors (Lipinski definition) is 2. The normalized spacial score (nSPS) is 11.3. The van der Waals surface area contributed by atoms with Gasteiger partial charge in [0.05, 0.1) is 16.8 Å². The zero-order valence-electron chi connectivity index (χ0n) is 11.1. The Morgan fingerprint density at radius 1 is 1.26 bits per heavy atom. The maximum atomic E-state index is 12.9. The van der Waals surface area contributed by atoms with Gasteiger partial charge in [-0.3, -0.25) is 4.79 Å². The second-order valence-electron chi connectivity index (χ2n) is 3.95. The Hall–Kier alpha value is -1.72. The van der Waals surface area contributed by atoms with E-state index in [-0.39, 0.29) is 11.3 Å². The lowest BCUT2D eigenvalue weighted by Crippen LogP contribution is -2.31. The molecular weight excluding hydrogens is 257 g/mol. The highest BCUT2D eigenvalue weighted by molar-refractivity contribution is 6.00. The van der Waals surface area contributed by atoms with Crippen LogP contribution in [-0.4, -0.2) is 30.9 Å². The predicted octanol–water partition coefficient (Wildman–Crippen LogP) is 3.23. The van der Waals surface area contributed by atoms with Gasteiger partial charge in [0, 0.05) is 20.1 Å². The molecule has 0 radical (unpaired) electrons. The summed E-state index contributed by atoms with van der Waals surface area (Å²) in [6.07, 6.45) is -4.49. The summed E-state index contributed by atoms with van der Waals surface area (Å²) in [7, 11) is 1.38. The lowest BCUT2D eigenvalue weighted by atomic mass is 10.1. The van der Waals surface area contributed by atoms with E-state index >= 15 is 0 Å². The number of carbonyl (C=O) groups is 1. The Labute approximate surface area is 110 Å². The minimum absolute atomic E-state index is 0.0426. The number of benzene rings is 1. The summed E-state index contributed by atoms with van der Waals surface area (Å²) in [6.45, 7) is 4.48. The summed E-state index contributed by atoms with van der Waals surface area (Å²) in [4.78, 5) is 13.7. The smallest absolute Gasteiger partial charge is 0.387 e. The highest BCUT2D eigenvalue weighted by Gasteiger charge is 2.35. The molecule has 0 saturated heterocycles. The summed E-state index contributed by atoms with van der Waals surface area (Å²) in [5, 5.41) is 2.49. The molecule has 106 valence electrons. The van der Waals surface area contributed by atoms with Crippen LogP contribution in [0.1, 0.15) is 29.8 Å². The third kappa shape index (κ3) is 3.19. The van der Waals surface area contributed by atoms with Crippen molar-refractivity contribution < 1.29 is 18.0 Å². The van der Waals surface area contributed by atoms with E-state index in [1.807, 2.05) is 0 Å². The van der Waals surface area contributed by atoms with Crippen LogP contribution >= 0.6 is 0 Å². The van der Waals surface area contributed by atoms with Crippen molar-refractivity contribution in [2.24, 2.45) is 0 Å².